The van der Waals surface area contributed by atoms with Crippen LogP contribution in [0.25, 0.3) is 11.0 Å². The van der Waals surface area contributed by atoms with Gasteiger partial charge >= 0.3 is 0 Å². The number of fused-ring (bicyclic) bond motifs is 1. The van der Waals surface area contributed by atoms with E-state index in [2.05, 4.69) is 16.0 Å². The molecule has 0 spiro atoms. The average molecular weight is 206 g/mol. The number of H-pyrrole nitrogens is 1. The Morgan fingerprint density at radius 3 is 3.07 bits per heavy atom. The van der Waals surface area contributed by atoms with Gasteiger partial charge in [-0.1, -0.05) is 0 Å². The second-order valence-corrected chi connectivity index (χ2v) is 3.34. The van der Waals surface area contributed by atoms with Crippen molar-refractivity contribution in [2.24, 2.45) is 0 Å². The van der Waals surface area contributed by atoms with Gasteiger partial charge in [0.25, 0.3) is 0 Å². The van der Waals surface area contributed by atoms with Gasteiger partial charge in [0.1, 0.15) is 5.82 Å². The maximum atomic E-state index is 8.70. The van der Waals surface area contributed by atoms with Gasteiger partial charge in [-0.25, -0.2) is 4.98 Å². The van der Waals surface area contributed by atoms with Gasteiger partial charge in [0.05, 0.1) is 22.7 Å². The molecule has 0 aliphatic carbocycles. The summed E-state index contributed by atoms with van der Waals surface area (Å²) in [5.74, 6) is 1.41. The number of hydrogen-bond donors (Lipinski definition) is 1. The fourth-order valence-electron chi connectivity index (χ4n) is 1.34. The summed E-state index contributed by atoms with van der Waals surface area (Å²) in [6.45, 7) is 0. The Morgan fingerprint density at radius 1 is 1.50 bits per heavy atom. The highest BCUT2D eigenvalue weighted by Crippen LogP contribution is 2.13. The van der Waals surface area contributed by atoms with Gasteiger partial charge in [0, 0.05) is 12.3 Å². The van der Waals surface area contributed by atoms with E-state index in [1.807, 2.05) is 6.07 Å². The molecule has 0 bridgehead atoms. The Bertz CT molecular complexity index is 496. The van der Waals surface area contributed by atoms with Crippen LogP contribution in [0.5, 0.6) is 0 Å². The number of nitrogens with zero attached hydrogens (tertiary/aromatic N) is 2. The number of aromatic nitrogens is 2. The number of benzene rings is 1. The lowest BCUT2D eigenvalue weighted by Crippen LogP contribution is -1.87. The minimum atomic E-state index is 0.547. The van der Waals surface area contributed by atoms with Crippen LogP contribution in [0.3, 0.4) is 0 Å². The third-order valence-electron chi connectivity index (χ3n) is 1.99. The van der Waals surface area contributed by atoms with Gasteiger partial charge in [0.2, 0.25) is 0 Å². The zero-order valence-electron chi connectivity index (χ0n) is 7.42. The molecular weight excluding hydrogens is 198 g/mol. The number of hydrogen-bond acceptors (Lipinski definition) is 2. The lowest BCUT2D eigenvalue weighted by Gasteiger charge is -1.87. The van der Waals surface area contributed by atoms with Crippen molar-refractivity contribution in [2.75, 3.05) is 5.88 Å². The van der Waals surface area contributed by atoms with E-state index in [9.17, 15) is 0 Å². The van der Waals surface area contributed by atoms with E-state index in [1.54, 1.807) is 12.1 Å². The zero-order chi connectivity index (χ0) is 9.97. The highest BCUT2D eigenvalue weighted by molar-refractivity contribution is 6.17. The first kappa shape index (κ1) is 9.04. The standard InChI is InChI=1S/C10H8ClN3/c11-4-3-10-13-8-2-1-7(6-12)5-9(8)14-10/h1-2,5H,3-4H2,(H,13,14). The smallest absolute Gasteiger partial charge is 0.108 e. The molecule has 4 heteroatoms. The van der Waals surface area contributed by atoms with Crippen molar-refractivity contribution in [1.82, 2.24) is 9.97 Å². The van der Waals surface area contributed by atoms with E-state index in [1.165, 1.54) is 0 Å². The van der Waals surface area contributed by atoms with Crippen molar-refractivity contribution >= 4 is 22.6 Å². The summed E-state index contributed by atoms with van der Waals surface area (Å²) in [7, 11) is 0. The Balaban J connectivity index is 2.50. The van der Waals surface area contributed by atoms with Gasteiger partial charge in [-0.15, -0.1) is 11.6 Å². The number of nitriles is 1. The summed E-state index contributed by atoms with van der Waals surface area (Å²) in [6.07, 6.45) is 0.720. The second kappa shape index (κ2) is 3.69. The molecule has 2 aromatic rings. The summed E-state index contributed by atoms with van der Waals surface area (Å²) in [4.78, 5) is 7.45. The number of alkyl halides is 1. The molecule has 0 aliphatic rings. The van der Waals surface area contributed by atoms with Crippen LogP contribution >= 0.6 is 11.6 Å². The molecule has 0 saturated carbocycles. The summed E-state index contributed by atoms with van der Waals surface area (Å²) in [6, 6.07) is 7.47. The first-order valence-electron chi connectivity index (χ1n) is 4.28. The highest BCUT2D eigenvalue weighted by Gasteiger charge is 2.02. The predicted octanol–water partition coefficient (Wildman–Crippen LogP) is 2.22. The summed E-state index contributed by atoms with van der Waals surface area (Å²) < 4.78 is 0. The van der Waals surface area contributed by atoms with Crippen LogP contribution in [0, 0.1) is 11.3 Å². The number of rotatable bonds is 2. The van der Waals surface area contributed by atoms with Crippen LogP contribution in [0.15, 0.2) is 18.2 Å². The molecule has 3 nitrogen and oxygen atoms in total. The molecule has 14 heavy (non-hydrogen) atoms. The molecule has 0 saturated heterocycles. The molecule has 0 aliphatic heterocycles. The number of halogens is 1. The topological polar surface area (TPSA) is 52.5 Å². The first-order valence-corrected chi connectivity index (χ1v) is 4.81. The molecule has 1 heterocycles. The van der Waals surface area contributed by atoms with E-state index in [0.717, 1.165) is 23.3 Å². The lowest BCUT2D eigenvalue weighted by atomic mass is 10.2. The van der Waals surface area contributed by atoms with Crippen LogP contribution in [0.1, 0.15) is 11.4 Å². The average Bonchev–Trinajstić information content (AvgIpc) is 2.59. The SMILES string of the molecule is N#Cc1ccc2nc(CCCl)[nH]c2c1. The molecule has 1 aromatic heterocycles. The van der Waals surface area contributed by atoms with Crippen molar-refractivity contribution in [2.45, 2.75) is 6.42 Å². The van der Waals surface area contributed by atoms with Crippen LogP contribution < -0.4 is 0 Å². The van der Waals surface area contributed by atoms with Crippen molar-refractivity contribution in [3.63, 3.8) is 0 Å². The van der Waals surface area contributed by atoms with Crippen molar-refractivity contribution in [3.8, 4) is 6.07 Å². The number of aryl methyl sites for hydroxylation is 1. The third kappa shape index (κ3) is 1.57. The molecule has 0 unspecified atom stereocenters. The monoisotopic (exact) mass is 205 g/mol. The first-order chi connectivity index (χ1) is 6.83. The van der Waals surface area contributed by atoms with Crippen LogP contribution in [-0.4, -0.2) is 15.8 Å². The lowest BCUT2D eigenvalue weighted by molar-refractivity contribution is 1.01. The van der Waals surface area contributed by atoms with Crippen LogP contribution in [-0.2, 0) is 6.42 Å². The third-order valence-corrected chi connectivity index (χ3v) is 2.18. The molecule has 0 radical (unpaired) electrons. The molecule has 0 fully saturated rings. The minimum Gasteiger partial charge on any atom is -0.342 e. The molecule has 0 atom stereocenters. The second-order valence-electron chi connectivity index (χ2n) is 2.97. The van der Waals surface area contributed by atoms with Crippen LogP contribution in [0.2, 0.25) is 0 Å². The molecule has 1 N–H and O–H groups in total. The van der Waals surface area contributed by atoms with Crippen LogP contribution in [0.4, 0.5) is 0 Å². The Labute approximate surface area is 86.3 Å². The number of aromatic amines is 1. The zero-order valence-corrected chi connectivity index (χ0v) is 8.17. The molecular formula is C10H8ClN3. The minimum absolute atomic E-state index is 0.547. The van der Waals surface area contributed by atoms with E-state index in [-0.39, 0.29) is 0 Å². The van der Waals surface area contributed by atoms with Crippen molar-refractivity contribution in [1.29, 1.82) is 5.26 Å². The predicted molar refractivity (Wildman–Crippen MR) is 55.2 cm³/mol. The van der Waals surface area contributed by atoms with Gasteiger partial charge in [-0.3, -0.25) is 0 Å². The molecule has 70 valence electrons. The Kier molecular flexibility index (Phi) is 2.38. The Morgan fingerprint density at radius 2 is 2.36 bits per heavy atom. The fourth-order valence-corrected chi connectivity index (χ4v) is 1.52. The molecule has 2 rings (SSSR count). The maximum Gasteiger partial charge on any atom is 0.108 e. The fraction of sp³-hybridized carbons (Fsp3) is 0.200. The van der Waals surface area contributed by atoms with E-state index in [4.69, 9.17) is 16.9 Å². The van der Waals surface area contributed by atoms with Gasteiger partial charge < -0.3 is 4.98 Å². The quantitative estimate of drug-likeness (QED) is 0.765. The van der Waals surface area contributed by atoms with E-state index >= 15 is 0 Å². The van der Waals surface area contributed by atoms with E-state index < -0.39 is 0 Å². The summed E-state index contributed by atoms with van der Waals surface area (Å²) >= 11 is 5.61. The normalized spacial score (nSPS) is 10.3. The summed E-state index contributed by atoms with van der Waals surface area (Å²) in [5.41, 5.74) is 2.41. The van der Waals surface area contributed by atoms with Gasteiger partial charge in [-0.05, 0) is 18.2 Å². The van der Waals surface area contributed by atoms with Gasteiger partial charge in [-0.2, -0.15) is 5.26 Å². The largest absolute Gasteiger partial charge is 0.342 e. The Hall–Kier alpha value is -1.53. The van der Waals surface area contributed by atoms with Crippen molar-refractivity contribution in [3.05, 3.63) is 29.6 Å². The van der Waals surface area contributed by atoms with Crippen molar-refractivity contribution < 1.29 is 0 Å². The highest BCUT2D eigenvalue weighted by atomic mass is 35.5. The molecule has 1 aromatic carbocycles. The number of nitrogens with one attached hydrogen (secondary N) is 1. The number of imidazole rings is 1. The van der Waals surface area contributed by atoms with E-state index in [0.29, 0.717) is 11.4 Å². The maximum absolute atomic E-state index is 8.70. The summed E-state index contributed by atoms with van der Waals surface area (Å²) in [5, 5.41) is 8.70. The molecule has 0 amide bonds. The van der Waals surface area contributed by atoms with Gasteiger partial charge in [0.15, 0.2) is 0 Å².